The third-order valence-corrected chi connectivity index (χ3v) is 11.2. The molecule has 1 N–H and O–H groups in total. The van der Waals surface area contributed by atoms with E-state index in [2.05, 4.69) is 20.9 Å². The molecule has 3 aromatic carbocycles. The Balaban J connectivity index is 1.42. The predicted octanol–water partition coefficient (Wildman–Crippen LogP) is 6.94. The van der Waals surface area contributed by atoms with Crippen LogP contribution in [0.1, 0.15) is 48.9 Å². The average molecular weight is 736 g/mol. The van der Waals surface area contributed by atoms with Crippen molar-refractivity contribution in [3.05, 3.63) is 99.1 Å². The quantitative estimate of drug-likeness (QED) is 0.201. The maximum atomic E-state index is 15.1. The van der Waals surface area contributed by atoms with E-state index in [1.54, 1.807) is 4.90 Å². The van der Waals surface area contributed by atoms with E-state index >= 15 is 4.79 Å². The number of halogens is 2. The maximum absolute atomic E-state index is 15.1. The molecule has 0 aliphatic carbocycles. The molecule has 0 bridgehead atoms. The van der Waals surface area contributed by atoms with Gasteiger partial charge < -0.3 is 24.5 Å². The number of ketones is 1. The van der Waals surface area contributed by atoms with Crippen molar-refractivity contribution in [2.45, 2.75) is 55.3 Å². The zero-order chi connectivity index (χ0) is 33.3. The summed E-state index contributed by atoms with van der Waals surface area (Å²) in [5, 5.41) is 1.49. The number of amides is 3. The summed E-state index contributed by atoms with van der Waals surface area (Å²) in [7, 11) is 0. The second-order valence-electron chi connectivity index (χ2n) is 12.3. The van der Waals surface area contributed by atoms with Crippen molar-refractivity contribution in [3.8, 4) is 0 Å². The lowest BCUT2D eigenvalue weighted by atomic mass is 9.90. The van der Waals surface area contributed by atoms with Gasteiger partial charge in [-0.2, -0.15) is 0 Å². The highest BCUT2D eigenvalue weighted by Gasteiger charge is 2.59. The number of aryl methyl sites for hydroxylation is 1. The Labute approximate surface area is 291 Å². The van der Waals surface area contributed by atoms with Crippen LogP contribution in [0.3, 0.4) is 0 Å². The van der Waals surface area contributed by atoms with Gasteiger partial charge in [-0.15, -0.1) is 11.8 Å². The highest BCUT2D eigenvalue weighted by molar-refractivity contribution is 9.10. The van der Waals surface area contributed by atoms with E-state index < -0.39 is 10.8 Å². The molecule has 2 aliphatic heterocycles. The maximum Gasteiger partial charge on any atom is 0.242 e. The summed E-state index contributed by atoms with van der Waals surface area (Å²) in [4.78, 5) is 63.3. The van der Waals surface area contributed by atoms with Crippen LogP contribution in [0.4, 0.5) is 0 Å². The lowest BCUT2D eigenvalue weighted by molar-refractivity contribution is -0.141. The van der Waals surface area contributed by atoms with Gasteiger partial charge in [-0.3, -0.25) is 14.4 Å². The number of carbonyl (C=O) groups excluding carboxylic acids is 4. The summed E-state index contributed by atoms with van der Waals surface area (Å²) in [5.41, 5.74) is 3.74. The van der Waals surface area contributed by atoms with Gasteiger partial charge in [0.1, 0.15) is 10.5 Å². The second kappa shape index (κ2) is 13.9. The van der Waals surface area contributed by atoms with E-state index in [-0.39, 0.29) is 42.8 Å². The normalized spacial score (nSPS) is 19.9. The van der Waals surface area contributed by atoms with Crippen molar-refractivity contribution in [1.82, 2.24) is 19.7 Å². The molecule has 0 spiro atoms. The number of carbonyl (C=O) groups is 4. The van der Waals surface area contributed by atoms with Gasteiger partial charge in [-0.25, -0.2) is 0 Å². The minimum atomic E-state index is -1.20. The first kappa shape index (κ1) is 33.3. The number of hydrogen-bond acceptors (Lipinski definition) is 5. The fourth-order valence-corrected chi connectivity index (χ4v) is 8.47. The van der Waals surface area contributed by atoms with Crippen LogP contribution in [-0.2, 0) is 25.7 Å². The van der Waals surface area contributed by atoms with Gasteiger partial charge in [-0.05, 0) is 55.8 Å². The zero-order valence-electron chi connectivity index (χ0n) is 26.3. The first-order chi connectivity index (χ1) is 22.5. The van der Waals surface area contributed by atoms with Crippen molar-refractivity contribution in [3.63, 3.8) is 0 Å². The summed E-state index contributed by atoms with van der Waals surface area (Å²) in [5.74, 6) is -0.333. The number of thioether (sulfide) groups is 1. The number of nitrogens with one attached hydrogen (secondary N) is 1. The van der Waals surface area contributed by atoms with Gasteiger partial charge in [-0.1, -0.05) is 63.4 Å². The smallest absolute Gasteiger partial charge is 0.242 e. The molecule has 1 aromatic heterocycles. The fraction of sp³-hybridized carbons (Fsp3) is 0.333. The molecule has 4 aromatic rings. The molecule has 0 radical (unpaired) electrons. The van der Waals surface area contributed by atoms with E-state index in [9.17, 15) is 14.4 Å². The van der Waals surface area contributed by atoms with Crippen LogP contribution in [0, 0.1) is 6.92 Å². The van der Waals surface area contributed by atoms with Gasteiger partial charge in [0.15, 0.2) is 0 Å². The van der Waals surface area contributed by atoms with E-state index in [1.165, 1.54) is 18.7 Å². The molecule has 244 valence electrons. The lowest BCUT2D eigenvalue weighted by Gasteiger charge is -2.42. The number of fused-ring (bicyclic) bond motifs is 1. The number of piperazine rings is 1. The summed E-state index contributed by atoms with van der Waals surface area (Å²) < 4.78 is -0.255. The number of benzene rings is 3. The molecule has 8 nitrogen and oxygen atoms in total. The molecule has 2 saturated heterocycles. The first-order valence-corrected chi connectivity index (χ1v) is 17.7. The number of hydrogen-bond donors (Lipinski definition) is 1. The number of aromatic nitrogens is 1. The molecule has 11 heteroatoms. The van der Waals surface area contributed by atoms with Crippen LogP contribution in [0.2, 0.25) is 5.02 Å². The third-order valence-electron chi connectivity index (χ3n) is 9.02. The molecule has 2 atom stereocenters. The summed E-state index contributed by atoms with van der Waals surface area (Å²) >= 11 is 11.3. The standard InChI is InChI=1S/C36H36BrClN4O4S/c1-23-3-11-28(12-4-23)47-36(35(46)41-17-15-40(16-18-41)32(44)14-5-24(2)43)20-33(45)42(22-25-6-8-26(37)9-7-25)34(36)30-21-39-31-19-27(38)10-13-29(30)31/h3-4,6-13,19,21,34,39H,5,14-18,20,22H2,1-2H3. The second-order valence-corrected chi connectivity index (χ2v) is 15.1. The Kier molecular flexibility index (Phi) is 9.82. The van der Waals surface area contributed by atoms with Crippen LogP contribution < -0.4 is 0 Å². The molecule has 2 aliphatic rings. The number of rotatable bonds is 9. The SMILES string of the molecule is CC(=O)CCC(=O)N1CCN(C(=O)C2(Sc3ccc(C)cc3)CC(=O)N(Cc3ccc(Br)cc3)C2c2c[nH]c3cc(Cl)ccc23)CC1. The minimum Gasteiger partial charge on any atom is -0.361 e. The average Bonchev–Trinajstić information content (AvgIpc) is 3.58. The molecular formula is C36H36BrClN4O4S. The van der Waals surface area contributed by atoms with Gasteiger partial charge in [0.05, 0.1) is 12.5 Å². The Bertz CT molecular complexity index is 1820. The fourth-order valence-electron chi connectivity index (χ4n) is 6.56. The topological polar surface area (TPSA) is 93.8 Å². The van der Waals surface area contributed by atoms with Crippen LogP contribution in [-0.4, -0.2) is 74.1 Å². The van der Waals surface area contributed by atoms with Gasteiger partial charge in [0, 0.05) is 82.6 Å². The molecular weight excluding hydrogens is 700 g/mol. The van der Waals surface area contributed by atoms with Gasteiger partial charge in [0.2, 0.25) is 17.7 Å². The number of Topliss-reactive ketones (excluding diaryl/α,β-unsaturated/α-hetero) is 1. The van der Waals surface area contributed by atoms with Crippen molar-refractivity contribution >= 4 is 73.7 Å². The minimum absolute atomic E-state index is 0.0175. The number of nitrogens with zero attached hydrogens (tertiary/aromatic N) is 3. The van der Waals surface area contributed by atoms with Gasteiger partial charge >= 0.3 is 0 Å². The predicted molar refractivity (Wildman–Crippen MR) is 188 cm³/mol. The molecule has 47 heavy (non-hydrogen) atoms. The molecule has 2 fully saturated rings. The van der Waals surface area contributed by atoms with E-state index in [4.69, 9.17) is 11.6 Å². The number of aromatic amines is 1. The van der Waals surface area contributed by atoms with E-state index in [1.807, 2.05) is 89.7 Å². The van der Waals surface area contributed by atoms with Crippen LogP contribution >= 0.6 is 39.3 Å². The summed E-state index contributed by atoms with van der Waals surface area (Å²) in [6, 6.07) is 21.0. The van der Waals surface area contributed by atoms with Crippen molar-refractivity contribution in [2.24, 2.45) is 0 Å². The van der Waals surface area contributed by atoms with Crippen molar-refractivity contribution in [2.75, 3.05) is 26.2 Å². The van der Waals surface area contributed by atoms with Crippen LogP contribution in [0.15, 0.2) is 82.3 Å². The summed E-state index contributed by atoms with van der Waals surface area (Å²) in [6.07, 6.45) is 2.30. The molecule has 3 heterocycles. The monoisotopic (exact) mass is 734 g/mol. The van der Waals surface area contributed by atoms with E-state index in [0.29, 0.717) is 37.7 Å². The summed E-state index contributed by atoms with van der Waals surface area (Å²) in [6.45, 7) is 5.28. The lowest BCUT2D eigenvalue weighted by Crippen LogP contribution is -2.57. The van der Waals surface area contributed by atoms with Gasteiger partial charge in [0.25, 0.3) is 0 Å². The zero-order valence-corrected chi connectivity index (χ0v) is 29.5. The largest absolute Gasteiger partial charge is 0.361 e. The molecule has 2 unspecified atom stereocenters. The molecule has 3 amide bonds. The third kappa shape index (κ3) is 7.00. The number of H-pyrrole nitrogens is 1. The highest BCUT2D eigenvalue weighted by atomic mass is 79.9. The molecule has 6 rings (SSSR count). The Hall–Kier alpha value is -3.60. The van der Waals surface area contributed by atoms with Crippen LogP contribution in [0.25, 0.3) is 10.9 Å². The highest BCUT2D eigenvalue weighted by Crippen LogP contribution is 2.55. The van der Waals surface area contributed by atoms with Crippen molar-refractivity contribution in [1.29, 1.82) is 0 Å². The van der Waals surface area contributed by atoms with Crippen molar-refractivity contribution < 1.29 is 19.2 Å². The van der Waals surface area contributed by atoms with Crippen LogP contribution in [0.5, 0.6) is 0 Å². The Morgan fingerprint density at radius 1 is 0.957 bits per heavy atom. The molecule has 0 saturated carbocycles. The Morgan fingerprint density at radius 3 is 2.32 bits per heavy atom. The number of likely N-dealkylation sites (tertiary alicyclic amines) is 1. The Morgan fingerprint density at radius 2 is 1.64 bits per heavy atom. The van der Waals surface area contributed by atoms with E-state index in [0.717, 1.165) is 37.0 Å². The first-order valence-electron chi connectivity index (χ1n) is 15.7.